The molecule has 4 nitrogen and oxygen atoms in total. The van der Waals surface area contributed by atoms with Gasteiger partial charge in [0, 0.05) is 0 Å². The zero-order valence-corrected chi connectivity index (χ0v) is 8.81. The van der Waals surface area contributed by atoms with Gasteiger partial charge in [-0.2, -0.15) is 0 Å². The first-order valence-corrected chi connectivity index (χ1v) is 2.05. The van der Waals surface area contributed by atoms with Crippen LogP contribution in [0.4, 0.5) is 0 Å². The molecule has 0 rings (SSSR count). The Morgan fingerprint density at radius 3 is 1.83 bits per heavy atom. The standard InChI is InChI=1S/H2O4S.Rb.H/c1-5(2,3)4;;/h(H2,1,2,3,4);;/q;+1;-1. The van der Waals surface area contributed by atoms with Gasteiger partial charge in [0.05, 0.1) is 0 Å². The van der Waals surface area contributed by atoms with Gasteiger partial charge in [0.15, 0.2) is 0 Å². The summed E-state index contributed by atoms with van der Waals surface area (Å²) in [5.41, 5.74) is 0. The van der Waals surface area contributed by atoms with Gasteiger partial charge in [0.1, 0.15) is 0 Å². The quantitative estimate of drug-likeness (QED) is 0.310. The molecule has 0 amide bonds. The van der Waals surface area contributed by atoms with E-state index in [4.69, 9.17) is 17.5 Å². The van der Waals surface area contributed by atoms with Gasteiger partial charge in [-0.1, -0.05) is 0 Å². The van der Waals surface area contributed by atoms with Gasteiger partial charge in [0.2, 0.25) is 10.4 Å². The monoisotopic (exact) mass is 184 g/mol. The molecule has 0 aliphatic carbocycles. The Morgan fingerprint density at radius 2 is 1.83 bits per heavy atom. The molecule has 0 saturated heterocycles. The van der Waals surface area contributed by atoms with Crippen molar-refractivity contribution in [1.29, 1.82) is 0 Å². The van der Waals surface area contributed by atoms with Crippen molar-refractivity contribution in [3.63, 3.8) is 0 Å². The Hall–Kier alpha value is 1.68. The predicted molar refractivity (Wildman–Crippen MR) is 14.6 cm³/mol. The largest absolute Gasteiger partial charge is 1.00 e. The first kappa shape index (κ1) is 10.6. The molecule has 0 fully saturated rings. The molecule has 0 aromatic rings. The van der Waals surface area contributed by atoms with Crippen LogP contribution in [0.5, 0.6) is 0 Å². The van der Waals surface area contributed by atoms with Gasteiger partial charge in [-0.3, -0.25) is 4.55 Å². The SMILES string of the molecule is O=S(=O)([O-])O.[H+].[H-].[Rb+]. The molecule has 0 unspecified atom stereocenters. The molecule has 6 heteroatoms. The fourth-order valence-corrected chi connectivity index (χ4v) is 0. The molecular weight excluding hydrogens is 182 g/mol. The third-order valence-corrected chi connectivity index (χ3v) is 0. The Kier molecular flexibility index (Phi) is 6.46. The first-order valence-electron chi connectivity index (χ1n) is 0.683. The summed E-state index contributed by atoms with van der Waals surface area (Å²) >= 11 is 0. The maximum atomic E-state index is 8.63. The van der Waals surface area contributed by atoms with Crippen LogP contribution in [-0.4, -0.2) is 17.5 Å². The second-order valence-corrected chi connectivity index (χ2v) is 1.28. The first-order chi connectivity index (χ1) is 2.00. The van der Waals surface area contributed by atoms with E-state index in [1.54, 1.807) is 0 Å². The van der Waals surface area contributed by atoms with Crippen LogP contribution in [0, 0.1) is 0 Å². The summed E-state index contributed by atoms with van der Waals surface area (Å²) in [5, 5.41) is 0. The molecule has 0 atom stereocenters. The molecular formula is H3O4RbS. The van der Waals surface area contributed by atoms with E-state index in [0.29, 0.717) is 0 Å². The van der Waals surface area contributed by atoms with Crippen molar-refractivity contribution in [3.8, 4) is 0 Å². The van der Waals surface area contributed by atoms with E-state index < -0.39 is 10.4 Å². The molecule has 1 N–H and O–H groups in total. The number of rotatable bonds is 0. The summed E-state index contributed by atoms with van der Waals surface area (Å²) in [5.74, 6) is 0. The third-order valence-electron chi connectivity index (χ3n) is 0. The topological polar surface area (TPSA) is 77.4 Å². The van der Waals surface area contributed by atoms with Gasteiger partial charge in [-0.05, 0) is 0 Å². The van der Waals surface area contributed by atoms with Gasteiger partial charge in [-0.15, -0.1) is 0 Å². The molecule has 34 valence electrons. The second kappa shape index (κ2) is 3.65. The minimum absolute atomic E-state index is 0. The smallest absolute Gasteiger partial charge is 1.00 e. The van der Waals surface area contributed by atoms with Crippen LogP contribution in [0.15, 0.2) is 0 Å². The summed E-state index contributed by atoms with van der Waals surface area (Å²) in [4.78, 5) is 0. The molecule has 6 heavy (non-hydrogen) atoms. The minimum Gasteiger partial charge on any atom is -1.00 e. The average Bonchev–Trinajstić information content (AvgIpc) is 0.722. The van der Waals surface area contributed by atoms with Crippen molar-refractivity contribution in [2.75, 3.05) is 0 Å². The van der Waals surface area contributed by atoms with Crippen molar-refractivity contribution < 1.29 is 78.6 Å². The van der Waals surface area contributed by atoms with Crippen molar-refractivity contribution in [2.45, 2.75) is 0 Å². The van der Waals surface area contributed by atoms with E-state index >= 15 is 0 Å². The minimum atomic E-state index is -4.92. The molecule has 0 spiro atoms. The Balaban J connectivity index is -0.0000000267. The summed E-state index contributed by atoms with van der Waals surface area (Å²) < 4.78 is 32.8. The van der Waals surface area contributed by atoms with Gasteiger partial charge in [0.25, 0.3) is 0 Å². The molecule has 0 heterocycles. The molecule has 0 aromatic heterocycles. The second-order valence-electron chi connectivity index (χ2n) is 0.428. The van der Waals surface area contributed by atoms with Crippen LogP contribution >= 0.6 is 0 Å². The van der Waals surface area contributed by atoms with E-state index in [9.17, 15) is 0 Å². The fraction of sp³-hybridized carbons (Fsp3) is 0. The number of hydrogen-bond donors (Lipinski definition) is 1. The summed E-state index contributed by atoms with van der Waals surface area (Å²) in [7, 11) is -4.92. The van der Waals surface area contributed by atoms with Crippen molar-refractivity contribution in [1.82, 2.24) is 0 Å². The number of hydrogen-bond acceptors (Lipinski definition) is 3. The van der Waals surface area contributed by atoms with Crippen LogP contribution < -0.4 is 58.2 Å². The third kappa shape index (κ3) is 44.2. The van der Waals surface area contributed by atoms with Gasteiger partial charge < -0.3 is 5.98 Å². The fourth-order valence-electron chi connectivity index (χ4n) is 0. The van der Waals surface area contributed by atoms with E-state index in [0.717, 1.165) is 0 Å². The van der Waals surface area contributed by atoms with Gasteiger partial charge in [-0.25, -0.2) is 8.42 Å². The summed E-state index contributed by atoms with van der Waals surface area (Å²) in [6.07, 6.45) is 0. The van der Waals surface area contributed by atoms with Crippen LogP contribution in [0.3, 0.4) is 0 Å². The van der Waals surface area contributed by atoms with Crippen LogP contribution in [-0.2, 0) is 10.4 Å². The summed E-state index contributed by atoms with van der Waals surface area (Å²) in [6, 6.07) is 0. The Labute approximate surface area is 87.3 Å². The van der Waals surface area contributed by atoms with E-state index in [1.165, 1.54) is 0 Å². The normalized spacial score (nSPS) is 9.67. The zero-order valence-electron chi connectivity index (χ0n) is 5.08. The Morgan fingerprint density at radius 1 is 1.83 bits per heavy atom. The molecule has 0 radical (unpaired) electrons. The molecule has 0 aliphatic rings. The Bertz CT molecular complexity index is 97.2. The van der Waals surface area contributed by atoms with E-state index in [1.807, 2.05) is 0 Å². The molecule has 0 bridgehead atoms. The van der Waals surface area contributed by atoms with E-state index in [-0.39, 0.29) is 61.0 Å². The maximum absolute atomic E-state index is 8.63. The zero-order chi connectivity index (χ0) is 4.50. The van der Waals surface area contributed by atoms with Crippen LogP contribution in [0.1, 0.15) is 2.85 Å². The molecule has 0 aromatic carbocycles. The van der Waals surface area contributed by atoms with Crippen molar-refractivity contribution in [2.24, 2.45) is 0 Å². The summed E-state index contributed by atoms with van der Waals surface area (Å²) in [6.45, 7) is 0. The van der Waals surface area contributed by atoms with Crippen molar-refractivity contribution in [3.05, 3.63) is 0 Å². The molecule has 0 aliphatic heterocycles. The van der Waals surface area contributed by atoms with E-state index in [2.05, 4.69) is 0 Å². The van der Waals surface area contributed by atoms with Gasteiger partial charge >= 0.3 is 59.6 Å². The van der Waals surface area contributed by atoms with Crippen molar-refractivity contribution >= 4 is 10.4 Å². The maximum Gasteiger partial charge on any atom is 1.00 e. The molecule has 0 saturated carbocycles. The van der Waals surface area contributed by atoms with Crippen LogP contribution in [0.25, 0.3) is 0 Å². The van der Waals surface area contributed by atoms with Crippen LogP contribution in [0.2, 0.25) is 0 Å². The predicted octanol–water partition coefficient (Wildman–Crippen LogP) is -3.77. The average molecular weight is 185 g/mol.